The van der Waals surface area contributed by atoms with Gasteiger partial charge >= 0.3 is 6.18 Å². The standard InChI is InChI=1S/C25H20F3N5OS/c1-15-13-19-22(32-21(33-23(19)35-15)18-9-12-34-14-18)29-10-2-3-16-4-6-17(7-5-16)20-8-11-30-24(31-20)25(26,27)28/h4-9,11-14H,2-3,10H2,1H3,(H,29,32,33). The minimum Gasteiger partial charge on any atom is -0.472 e. The minimum absolute atomic E-state index is 0.243. The van der Waals surface area contributed by atoms with Crippen molar-refractivity contribution < 1.29 is 17.6 Å². The number of fused-ring (bicyclic) bond motifs is 1. The maximum Gasteiger partial charge on any atom is 0.451 e. The predicted octanol–water partition coefficient (Wildman–Crippen LogP) is 6.78. The zero-order chi connectivity index (χ0) is 24.4. The number of benzene rings is 1. The highest BCUT2D eigenvalue weighted by atomic mass is 32.1. The Kier molecular flexibility index (Phi) is 6.21. The fourth-order valence-electron chi connectivity index (χ4n) is 3.70. The smallest absolute Gasteiger partial charge is 0.451 e. The van der Waals surface area contributed by atoms with Gasteiger partial charge in [0.1, 0.15) is 16.9 Å². The number of nitrogens with zero attached hydrogens (tertiary/aromatic N) is 4. The van der Waals surface area contributed by atoms with Crippen molar-refractivity contribution in [3.05, 3.63) is 77.5 Å². The maximum absolute atomic E-state index is 12.9. The summed E-state index contributed by atoms with van der Waals surface area (Å²) in [5.41, 5.74) is 2.77. The Bertz CT molecular complexity index is 1450. The highest BCUT2D eigenvalue weighted by molar-refractivity contribution is 7.18. The lowest BCUT2D eigenvalue weighted by atomic mass is 10.1. The molecule has 35 heavy (non-hydrogen) atoms. The lowest BCUT2D eigenvalue weighted by molar-refractivity contribution is -0.144. The molecule has 6 nitrogen and oxygen atoms in total. The SMILES string of the molecule is Cc1cc2c(NCCCc3ccc(-c4ccnc(C(F)(F)F)n4)cc3)nc(-c3ccoc3)nc2s1. The van der Waals surface area contributed by atoms with Crippen molar-refractivity contribution in [2.45, 2.75) is 25.9 Å². The van der Waals surface area contributed by atoms with Gasteiger partial charge in [0.15, 0.2) is 5.82 Å². The van der Waals surface area contributed by atoms with Crippen LogP contribution < -0.4 is 5.32 Å². The first-order valence-electron chi connectivity index (χ1n) is 10.9. The van der Waals surface area contributed by atoms with Crippen molar-refractivity contribution >= 4 is 27.4 Å². The quantitative estimate of drug-likeness (QED) is 0.251. The first kappa shape index (κ1) is 23.0. The Hall–Kier alpha value is -3.79. The summed E-state index contributed by atoms with van der Waals surface area (Å²) in [6.07, 6.45) is 1.43. The monoisotopic (exact) mass is 495 g/mol. The Morgan fingerprint density at radius 3 is 2.57 bits per heavy atom. The van der Waals surface area contributed by atoms with E-state index in [0.29, 0.717) is 17.9 Å². The van der Waals surface area contributed by atoms with Gasteiger partial charge < -0.3 is 9.73 Å². The summed E-state index contributed by atoms with van der Waals surface area (Å²) in [7, 11) is 0. The molecule has 0 unspecified atom stereocenters. The third-order valence-corrected chi connectivity index (χ3v) is 6.33. The van der Waals surface area contributed by atoms with Crippen LogP contribution in [-0.2, 0) is 12.6 Å². The average Bonchev–Trinajstić information content (AvgIpc) is 3.51. The summed E-state index contributed by atoms with van der Waals surface area (Å²) < 4.78 is 43.8. The van der Waals surface area contributed by atoms with Crippen molar-refractivity contribution in [1.29, 1.82) is 0 Å². The van der Waals surface area contributed by atoms with E-state index in [0.717, 1.165) is 51.1 Å². The van der Waals surface area contributed by atoms with Crippen molar-refractivity contribution in [2.24, 2.45) is 0 Å². The van der Waals surface area contributed by atoms with Gasteiger partial charge in [-0.1, -0.05) is 24.3 Å². The predicted molar refractivity (Wildman–Crippen MR) is 129 cm³/mol. The number of nitrogens with one attached hydrogen (secondary N) is 1. The van der Waals surface area contributed by atoms with Crippen molar-refractivity contribution in [1.82, 2.24) is 19.9 Å². The van der Waals surface area contributed by atoms with E-state index in [2.05, 4.69) is 26.3 Å². The number of hydrogen-bond donors (Lipinski definition) is 1. The number of halogens is 3. The number of aromatic nitrogens is 4. The molecule has 1 N–H and O–H groups in total. The lowest BCUT2D eigenvalue weighted by Gasteiger charge is -2.09. The molecule has 0 fully saturated rings. The number of rotatable bonds is 7. The number of aryl methyl sites for hydroxylation is 2. The molecule has 178 valence electrons. The van der Waals surface area contributed by atoms with Crippen LogP contribution in [0.3, 0.4) is 0 Å². The van der Waals surface area contributed by atoms with Crippen molar-refractivity contribution in [3.8, 4) is 22.6 Å². The van der Waals surface area contributed by atoms with Gasteiger partial charge in [0.25, 0.3) is 0 Å². The maximum atomic E-state index is 12.9. The van der Waals surface area contributed by atoms with Gasteiger partial charge in [0, 0.05) is 23.2 Å². The Balaban J connectivity index is 1.24. The summed E-state index contributed by atoms with van der Waals surface area (Å²) in [6, 6.07) is 12.8. The van der Waals surface area contributed by atoms with Gasteiger partial charge in [0.2, 0.25) is 5.82 Å². The largest absolute Gasteiger partial charge is 0.472 e. The summed E-state index contributed by atoms with van der Waals surface area (Å²) in [5, 5.41) is 4.43. The van der Waals surface area contributed by atoms with E-state index in [9.17, 15) is 13.2 Å². The van der Waals surface area contributed by atoms with Crippen molar-refractivity contribution in [3.63, 3.8) is 0 Å². The van der Waals surface area contributed by atoms with Crippen LogP contribution in [0.1, 0.15) is 22.7 Å². The van der Waals surface area contributed by atoms with Gasteiger partial charge in [-0.3, -0.25) is 0 Å². The van der Waals surface area contributed by atoms with E-state index in [-0.39, 0.29) is 5.69 Å². The van der Waals surface area contributed by atoms with Crippen LogP contribution in [0.2, 0.25) is 0 Å². The topological polar surface area (TPSA) is 76.7 Å². The molecule has 0 bridgehead atoms. The minimum atomic E-state index is -4.57. The highest BCUT2D eigenvalue weighted by Crippen LogP contribution is 2.31. The molecule has 5 aromatic rings. The lowest BCUT2D eigenvalue weighted by Crippen LogP contribution is -2.10. The molecule has 0 atom stereocenters. The van der Waals surface area contributed by atoms with Crippen molar-refractivity contribution in [2.75, 3.05) is 11.9 Å². The van der Waals surface area contributed by atoms with Gasteiger partial charge in [-0.05, 0) is 43.5 Å². The van der Waals surface area contributed by atoms with E-state index in [1.807, 2.05) is 25.1 Å². The molecule has 0 aliphatic rings. The number of hydrogen-bond acceptors (Lipinski definition) is 7. The van der Waals surface area contributed by atoms with Crippen LogP contribution in [0.5, 0.6) is 0 Å². The molecule has 0 amide bonds. The second kappa shape index (κ2) is 9.46. The van der Waals surface area contributed by atoms with Gasteiger partial charge in [-0.2, -0.15) is 13.2 Å². The van der Waals surface area contributed by atoms with Gasteiger partial charge in [-0.15, -0.1) is 11.3 Å². The fraction of sp³-hybridized carbons (Fsp3) is 0.200. The molecule has 4 aromatic heterocycles. The molecule has 0 saturated heterocycles. The molecule has 0 saturated carbocycles. The van der Waals surface area contributed by atoms with E-state index < -0.39 is 12.0 Å². The second-order valence-corrected chi connectivity index (χ2v) is 9.21. The van der Waals surface area contributed by atoms with E-state index in [4.69, 9.17) is 9.40 Å². The third-order valence-electron chi connectivity index (χ3n) is 5.39. The molecule has 0 aliphatic heterocycles. The van der Waals surface area contributed by atoms with Crippen LogP contribution in [0.4, 0.5) is 19.0 Å². The Morgan fingerprint density at radius 2 is 1.83 bits per heavy atom. The third kappa shape index (κ3) is 5.17. The van der Waals surface area contributed by atoms with Crippen LogP contribution >= 0.6 is 11.3 Å². The summed E-state index contributed by atoms with van der Waals surface area (Å²) >= 11 is 1.62. The van der Waals surface area contributed by atoms with Gasteiger partial charge in [-0.25, -0.2) is 19.9 Å². The van der Waals surface area contributed by atoms with E-state index in [1.165, 1.54) is 6.07 Å². The number of alkyl halides is 3. The number of thiophene rings is 1. The molecule has 4 heterocycles. The number of furan rings is 1. The summed E-state index contributed by atoms with van der Waals surface area (Å²) in [5.74, 6) is 0.264. The van der Waals surface area contributed by atoms with Crippen LogP contribution in [0, 0.1) is 6.92 Å². The first-order chi connectivity index (χ1) is 16.9. The molecule has 10 heteroatoms. The summed E-state index contributed by atoms with van der Waals surface area (Å²) in [4.78, 5) is 18.4. The first-order valence-corrected chi connectivity index (χ1v) is 11.7. The number of anilines is 1. The van der Waals surface area contributed by atoms with Crippen LogP contribution in [0.25, 0.3) is 32.9 Å². The van der Waals surface area contributed by atoms with E-state index in [1.54, 1.807) is 36.0 Å². The normalized spacial score (nSPS) is 11.8. The zero-order valence-corrected chi connectivity index (χ0v) is 19.5. The molecular formula is C25H20F3N5OS. The van der Waals surface area contributed by atoms with Gasteiger partial charge in [0.05, 0.1) is 22.9 Å². The fourth-order valence-corrected chi connectivity index (χ4v) is 4.57. The molecule has 1 aromatic carbocycles. The second-order valence-electron chi connectivity index (χ2n) is 7.97. The highest BCUT2D eigenvalue weighted by Gasteiger charge is 2.34. The molecular weight excluding hydrogens is 475 g/mol. The molecule has 0 aliphatic carbocycles. The molecule has 5 rings (SSSR count). The Labute approximate surface area is 202 Å². The molecule has 0 spiro atoms. The van der Waals surface area contributed by atoms with Crippen LogP contribution in [0.15, 0.2) is 65.6 Å². The zero-order valence-electron chi connectivity index (χ0n) is 18.6. The van der Waals surface area contributed by atoms with E-state index >= 15 is 0 Å². The summed E-state index contributed by atoms with van der Waals surface area (Å²) in [6.45, 7) is 2.75. The Morgan fingerprint density at radius 1 is 1.00 bits per heavy atom. The van der Waals surface area contributed by atoms with Crippen LogP contribution in [-0.4, -0.2) is 26.5 Å². The average molecular weight is 496 g/mol. The molecule has 0 radical (unpaired) electrons.